The zero-order valence-corrected chi connectivity index (χ0v) is 9.90. The van der Waals surface area contributed by atoms with E-state index in [-0.39, 0.29) is 11.8 Å². The van der Waals surface area contributed by atoms with E-state index >= 15 is 0 Å². The summed E-state index contributed by atoms with van der Waals surface area (Å²) in [6, 6.07) is 3.63. The highest BCUT2D eigenvalue weighted by molar-refractivity contribution is 5.97. The molecule has 2 fully saturated rings. The Kier molecular flexibility index (Phi) is 2.31. The Bertz CT molecular complexity index is 458. The van der Waals surface area contributed by atoms with E-state index in [1.807, 2.05) is 13.0 Å². The topological polar surface area (TPSA) is 54.6 Å². The molecule has 1 spiro atoms. The maximum absolute atomic E-state index is 11.8. The third-order valence-electron chi connectivity index (χ3n) is 4.07. The van der Waals surface area contributed by atoms with Gasteiger partial charge in [0.1, 0.15) is 11.5 Å². The van der Waals surface area contributed by atoms with Gasteiger partial charge in [-0.3, -0.25) is 4.79 Å². The summed E-state index contributed by atoms with van der Waals surface area (Å²) in [7, 11) is 0. The third-order valence-corrected chi connectivity index (χ3v) is 4.07. The highest BCUT2D eigenvalue weighted by Gasteiger charge is 2.60. The molecule has 0 aromatic carbocycles. The average molecular weight is 232 g/mol. The number of amides is 1. The van der Waals surface area contributed by atoms with Crippen molar-refractivity contribution in [3.63, 3.8) is 0 Å². The van der Waals surface area contributed by atoms with Gasteiger partial charge in [0.25, 0.3) is 0 Å². The molecule has 1 aromatic heterocycles. The van der Waals surface area contributed by atoms with E-state index < -0.39 is 0 Å². The number of nitrogens with zero attached hydrogens (tertiary/aromatic N) is 1. The second kappa shape index (κ2) is 3.72. The van der Waals surface area contributed by atoms with Gasteiger partial charge >= 0.3 is 0 Å². The Balaban J connectivity index is 1.57. The van der Waals surface area contributed by atoms with Gasteiger partial charge in [0, 0.05) is 5.92 Å². The summed E-state index contributed by atoms with van der Waals surface area (Å²) in [5, 5.41) is 4.08. The second-order valence-electron chi connectivity index (χ2n) is 5.12. The summed E-state index contributed by atoms with van der Waals surface area (Å²) in [5.74, 6) is 0.958. The van der Waals surface area contributed by atoms with Crippen LogP contribution >= 0.6 is 0 Å². The monoisotopic (exact) mass is 232 g/mol. The largest absolute Gasteiger partial charge is 0.463 e. The fraction of sp³-hybridized carbons (Fsp3) is 0.538. The van der Waals surface area contributed by atoms with Crippen LogP contribution in [0.5, 0.6) is 0 Å². The van der Waals surface area contributed by atoms with Crippen molar-refractivity contribution < 1.29 is 9.21 Å². The lowest BCUT2D eigenvalue weighted by molar-refractivity contribution is -0.123. The molecular formula is C13H16N2O2. The van der Waals surface area contributed by atoms with Crippen molar-refractivity contribution in [2.75, 3.05) is 0 Å². The lowest BCUT2D eigenvalue weighted by atomic mass is 9.80. The molecule has 4 heteroatoms. The van der Waals surface area contributed by atoms with Crippen LogP contribution < -0.4 is 5.43 Å². The smallest absolute Gasteiger partial charge is 0.243 e. The number of hydrogen-bond donors (Lipinski definition) is 1. The van der Waals surface area contributed by atoms with Crippen LogP contribution in [-0.4, -0.2) is 11.6 Å². The van der Waals surface area contributed by atoms with Crippen molar-refractivity contribution in [1.29, 1.82) is 0 Å². The zero-order chi connectivity index (χ0) is 11.9. The van der Waals surface area contributed by atoms with Crippen LogP contribution in [0.15, 0.2) is 27.9 Å². The molecule has 3 rings (SSSR count). The van der Waals surface area contributed by atoms with Crippen LogP contribution in [0.1, 0.15) is 38.4 Å². The standard InChI is InChI=1S/C13H16N2O2/c1-9(11-4-2-7-17-11)14-15-12(16)10-8-13(10)5-3-6-13/h2,4,7,10H,3,5-6,8H2,1H3,(H,15,16)/b14-9-/t10-/m0/s1. The lowest BCUT2D eigenvalue weighted by Crippen LogP contribution is -2.26. The van der Waals surface area contributed by atoms with Crippen LogP contribution in [0.3, 0.4) is 0 Å². The van der Waals surface area contributed by atoms with Gasteiger partial charge in [0.05, 0.1) is 6.26 Å². The molecule has 0 bridgehead atoms. The van der Waals surface area contributed by atoms with Crippen molar-refractivity contribution in [3.8, 4) is 0 Å². The van der Waals surface area contributed by atoms with E-state index in [1.165, 1.54) is 19.3 Å². The van der Waals surface area contributed by atoms with Gasteiger partial charge in [-0.05, 0) is 43.7 Å². The molecule has 0 aliphatic heterocycles. The highest BCUT2D eigenvalue weighted by Crippen LogP contribution is 2.65. The van der Waals surface area contributed by atoms with Crippen LogP contribution in [-0.2, 0) is 4.79 Å². The van der Waals surface area contributed by atoms with Gasteiger partial charge in [-0.15, -0.1) is 0 Å². The number of hydrazone groups is 1. The highest BCUT2D eigenvalue weighted by atomic mass is 16.3. The first-order chi connectivity index (χ1) is 8.21. The average Bonchev–Trinajstić information content (AvgIpc) is 2.83. The molecule has 2 aliphatic carbocycles. The Morgan fingerprint density at radius 1 is 1.59 bits per heavy atom. The molecule has 1 atom stereocenters. The van der Waals surface area contributed by atoms with Crippen LogP contribution in [0, 0.1) is 11.3 Å². The third kappa shape index (κ3) is 1.77. The zero-order valence-electron chi connectivity index (χ0n) is 9.90. The molecule has 2 saturated carbocycles. The number of carbonyl (C=O) groups excluding carboxylic acids is 1. The summed E-state index contributed by atoms with van der Waals surface area (Å²) >= 11 is 0. The molecule has 0 unspecified atom stereocenters. The number of nitrogens with one attached hydrogen (secondary N) is 1. The molecule has 1 amide bonds. The summed E-state index contributed by atoms with van der Waals surface area (Å²) in [6.07, 6.45) is 6.35. The maximum Gasteiger partial charge on any atom is 0.243 e. The Morgan fingerprint density at radius 2 is 2.41 bits per heavy atom. The summed E-state index contributed by atoms with van der Waals surface area (Å²) in [5.41, 5.74) is 3.70. The van der Waals surface area contributed by atoms with Crippen molar-refractivity contribution >= 4 is 11.6 Å². The normalized spacial score (nSPS) is 25.5. The van der Waals surface area contributed by atoms with Gasteiger partial charge in [-0.2, -0.15) is 5.10 Å². The number of carbonyl (C=O) groups is 1. The van der Waals surface area contributed by atoms with Crippen molar-refractivity contribution in [2.24, 2.45) is 16.4 Å². The van der Waals surface area contributed by atoms with Crippen molar-refractivity contribution in [3.05, 3.63) is 24.2 Å². The summed E-state index contributed by atoms with van der Waals surface area (Å²) in [4.78, 5) is 11.8. The van der Waals surface area contributed by atoms with Gasteiger partial charge in [0.2, 0.25) is 5.91 Å². The maximum atomic E-state index is 11.8. The minimum absolute atomic E-state index is 0.0654. The molecule has 1 aromatic rings. The number of hydrogen-bond acceptors (Lipinski definition) is 3. The Hall–Kier alpha value is -1.58. The van der Waals surface area contributed by atoms with Gasteiger partial charge in [0.15, 0.2) is 0 Å². The van der Waals surface area contributed by atoms with E-state index in [0.717, 1.165) is 6.42 Å². The lowest BCUT2D eigenvalue weighted by Gasteiger charge is -2.25. The first-order valence-electron chi connectivity index (χ1n) is 6.09. The molecule has 0 saturated heterocycles. The van der Waals surface area contributed by atoms with E-state index in [9.17, 15) is 4.79 Å². The fourth-order valence-corrected chi connectivity index (χ4v) is 2.66. The Morgan fingerprint density at radius 3 is 2.94 bits per heavy atom. The molecule has 1 N–H and O–H groups in total. The molecule has 17 heavy (non-hydrogen) atoms. The molecule has 1 heterocycles. The van der Waals surface area contributed by atoms with Crippen LogP contribution in [0.2, 0.25) is 0 Å². The van der Waals surface area contributed by atoms with Crippen LogP contribution in [0.25, 0.3) is 0 Å². The van der Waals surface area contributed by atoms with E-state index in [4.69, 9.17) is 4.42 Å². The summed E-state index contributed by atoms with van der Waals surface area (Å²) < 4.78 is 5.19. The molecule has 4 nitrogen and oxygen atoms in total. The first-order valence-corrected chi connectivity index (χ1v) is 6.09. The number of rotatable bonds is 3. The molecule has 90 valence electrons. The summed E-state index contributed by atoms with van der Waals surface area (Å²) in [6.45, 7) is 1.82. The van der Waals surface area contributed by atoms with Crippen LogP contribution in [0.4, 0.5) is 0 Å². The minimum atomic E-state index is 0.0654. The van der Waals surface area contributed by atoms with Crippen molar-refractivity contribution in [2.45, 2.75) is 32.6 Å². The quantitative estimate of drug-likeness (QED) is 0.642. The predicted molar refractivity (Wildman–Crippen MR) is 63.5 cm³/mol. The SMILES string of the molecule is C/C(=N/NC(=O)[C@@H]1CC12CCC2)c1ccco1. The Labute approximate surface area is 100 Å². The van der Waals surface area contributed by atoms with E-state index in [2.05, 4.69) is 10.5 Å². The van der Waals surface area contributed by atoms with Gasteiger partial charge in [-0.1, -0.05) is 6.42 Å². The van der Waals surface area contributed by atoms with Crippen molar-refractivity contribution in [1.82, 2.24) is 5.43 Å². The van der Waals surface area contributed by atoms with E-state index in [0.29, 0.717) is 16.9 Å². The second-order valence-corrected chi connectivity index (χ2v) is 5.12. The first kappa shape index (κ1) is 10.6. The molecular weight excluding hydrogens is 216 g/mol. The number of furan rings is 1. The van der Waals surface area contributed by atoms with Gasteiger partial charge < -0.3 is 4.42 Å². The minimum Gasteiger partial charge on any atom is -0.463 e. The molecule has 2 aliphatic rings. The predicted octanol–water partition coefficient (Wildman–Crippen LogP) is 2.31. The van der Waals surface area contributed by atoms with Gasteiger partial charge in [-0.25, -0.2) is 5.43 Å². The molecule has 0 radical (unpaired) electrons. The van der Waals surface area contributed by atoms with E-state index in [1.54, 1.807) is 12.3 Å². The fourth-order valence-electron chi connectivity index (χ4n) is 2.66.